The molecule has 0 aromatic heterocycles. The molecule has 3 rings (SSSR count). The summed E-state index contributed by atoms with van der Waals surface area (Å²) in [6, 6.07) is 8.83. The second kappa shape index (κ2) is 7.89. The first-order valence-electron chi connectivity index (χ1n) is 8.16. The van der Waals surface area contributed by atoms with Crippen LogP contribution in [0, 0.1) is 17.5 Å². The number of hydrogen-bond acceptors (Lipinski definition) is 0. The molecule has 0 atom stereocenters. The van der Waals surface area contributed by atoms with E-state index in [1.54, 1.807) is 0 Å². The zero-order valence-electron chi connectivity index (χ0n) is 14.6. The number of benzene rings is 3. The second-order valence-electron chi connectivity index (χ2n) is 6.16. The van der Waals surface area contributed by atoms with Crippen LogP contribution in [0.25, 0.3) is 28.1 Å². The van der Waals surface area contributed by atoms with Crippen molar-refractivity contribution in [1.29, 1.82) is 0 Å². The van der Waals surface area contributed by atoms with E-state index < -0.39 is 46.7 Å². The van der Waals surface area contributed by atoms with Crippen LogP contribution >= 0.6 is 0 Å². The minimum absolute atomic E-state index is 0.0675. The van der Waals surface area contributed by atoms with E-state index in [-0.39, 0.29) is 22.3 Å². The second-order valence-corrected chi connectivity index (χ2v) is 6.16. The van der Waals surface area contributed by atoms with Gasteiger partial charge in [-0.3, -0.25) is 0 Å². The molecule has 0 aliphatic rings. The zero-order chi connectivity index (χ0) is 22.2. The summed E-state index contributed by atoms with van der Waals surface area (Å²) in [6.45, 7) is 0. The number of alkyl halides is 3. The molecule has 0 fully saturated rings. The van der Waals surface area contributed by atoms with E-state index in [0.717, 1.165) is 12.1 Å². The Morgan fingerprint density at radius 3 is 1.60 bits per heavy atom. The van der Waals surface area contributed by atoms with Gasteiger partial charge < -0.3 is 0 Å². The van der Waals surface area contributed by atoms with Crippen LogP contribution in [0.1, 0.15) is 11.1 Å². The Morgan fingerprint density at radius 1 is 0.600 bits per heavy atom. The SMILES string of the molecule is FC(F)=C(F)c1ccc(-c2ccc(-c3cc(F)c(C(F)(F)F)c(F)c3)cc2)c(F)c1. The van der Waals surface area contributed by atoms with Gasteiger partial charge in [0.25, 0.3) is 0 Å². The molecule has 0 aliphatic heterocycles. The summed E-state index contributed by atoms with van der Waals surface area (Å²) in [4.78, 5) is 0. The molecule has 0 spiro atoms. The van der Waals surface area contributed by atoms with E-state index in [1.165, 1.54) is 24.3 Å². The molecule has 0 saturated carbocycles. The molecule has 156 valence electrons. The molecule has 9 heteroatoms. The van der Waals surface area contributed by atoms with Crippen LogP contribution in [0.2, 0.25) is 0 Å². The molecule has 3 aromatic rings. The molecule has 0 nitrogen and oxygen atoms in total. The van der Waals surface area contributed by atoms with Gasteiger partial charge in [-0.05, 0) is 34.9 Å². The van der Waals surface area contributed by atoms with E-state index in [0.29, 0.717) is 18.2 Å². The van der Waals surface area contributed by atoms with Crippen LogP contribution < -0.4 is 0 Å². The van der Waals surface area contributed by atoms with Crippen LogP contribution in [0.4, 0.5) is 39.5 Å². The molecule has 0 heterocycles. The van der Waals surface area contributed by atoms with Crippen molar-refractivity contribution in [1.82, 2.24) is 0 Å². The van der Waals surface area contributed by atoms with Crippen LogP contribution in [0.15, 0.2) is 60.7 Å². The quantitative estimate of drug-likeness (QED) is 0.368. The highest BCUT2D eigenvalue weighted by Gasteiger charge is 2.37. The molecule has 30 heavy (non-hydrogen) atoms. The smallest absolute Gasteiger partial charge is 0.206 e. The minimum atomic E-state index is -5.19. The highest BCUT2D eigenvalue weighted by atomic mass is 19.4. The molecule has 0 radical (unpaired) electrons. The van der Waals surface area contributed by atoms with Gasteiger partial charge in [0.05, 0.1) is 0 Å². The fraction of sp³-hybridized carbons (Fsp3) is 0.0476. The lowest BCUT2D eigenvalue weighted by Gasteiger charge is -2.12. The standard InChI is InChI=1S/C21H9F9/c22-15-7-12(19(25)20(26)27)5-6-14(15)11-3-1-10(2-4-11)13-8-16(23)18(17(24)9-13)21(28,29)30/h1-9H. The van der Waals surface area contributed by atoms with E-state index >= 15 is 0 Å². The van der Waals surface area contributed by atoms with Crippen molar-refractivity contribution < 1.29 is 39.5 Å². The van der Waals surface area contributed by atoms with Gasteiger partial charge in [0, 0.05) is 11.1 Å². The summed E-state index contributed by atoms with van der Waals surface area (Å²) in [5.74, 6) is -6.41. The third-order valence-electron chi connectivity index (χ3n) is 4.24. The Hall–Kier alpha value is -3.23. The molecule has 3 aromatic carbocycles. The van der Waals surface area contributed by atoms with Crippen molar-refractivity contribution in [3.8, 4) is 22.3 Å². The fourth-order valence-corrected chi connectivity index (χ4v) is 2.85. The van der Waals surface area contributed by atoms with Crippen LogP contribution in [0.3, 0.4) is 0 Å². The zero-order valence-corrected chi connectivity index (χ0v) is 14.6. The lowest BCUT2D eigenvalue weighted by atomic mass is 9.98. The van der Waals surface area contributed by atoms with Gasteiger partial charge in [0.2, 0.25) is 0 Å². The normalized spacial score (nSPS) is 11.5. The van der Waals surface area contributed by atoms with Gasteiger partial charge in [-0.15, -0.1) is 0 Å². The van der Waals surface area contributed by atoms with E-state index in [9.17, 15) is 39.5 Å². The highest BCUT2D eigenvalue weighted by Crippen LogP contribution is 2.36. The monoisotopic (exact) mass is 432 g/mol. The van der Waals surface area contributed by atoms with Crippen LogP contribution in [-0.4, -0.2) is 0 Å². The maximum absolute atomic E-state index is 14.2. The first kappa shape index (κ1) is 21.5. The van der Waals surface area contributed by atoms with Crippen molar-refractivity contribution in [2.75, 3.05) is 0 Å². The molecule has 0 amide bonds. The maximum Gasteiger partial charge on any atom is 0.422 e. The van der Waals surface area contributed by atoms with E-state index in [4.69, 9.17) is 0 Å². The van der Waals surface area contributed by atoms with Crippen molar-refractivity contribution in [3.05, 3.63) is 89.3 Å². The fourth-order valence-electron chi connectivity index (χ4n) is 2.85. The van der Waals surface area contributed by atoms with Crippen molar-refractivity contribution in [3.63, 3.8) is 0 Å². The average molecular weight is 432 g/mol. The van der Waals surface area contributed by atoms with Gasteiger partial charge in [-0.2, -0.15) is 22.0 Å². The average Bonchev–Trinajstić information content (AvgIpc) is 2.65. The topological polar surface area (TPSA) is 0 Å². The number of halogens is 9. The predicted octanol–water partition coefficient (Wildman–Crippen LogP) is 7.99. The first-order chi connectivity index (χ1) is 14.0. The van der Waals surface area contributed by atoms with E-state index in [2.05, 4.69) is 0 Å². The van der Waals surface area contributed by atoms with Gasteiger partial charge >= 0.3 is 12.3 Å². The predicted molar refractivity (Wildman–Crippen MR) is 92.4 cm³/mol. The Kier molecular flexibility index (Phi) is 5.65. The van der Waals surface area contributed by atoms with Gasteiger partial charge in [-0.1, -0.05) is 36.4 Å². The Bertz CT molecular complexity index is 1100. The van der Waals surface area contributed by atoms with Crippen molar-refractivity contribution in [2.45, 2.75) is 6.18 Å². The van der Waals surface area contributed by atoms with Gasteiger partial charge in [0.15, 0.2) is 5.83 Å². The lowest BCUT2D eigenvalue weighted by molar-refractivity contribution is -0.142. The number of rotatable bonds is 3. The molecule has 0 N–H and O–H groups in total. The summed E-state index contributed by atoms with van der Waals surface area (Å²) in [7, 11) is 0. The van der Waals surface area contributed by atoms with Crippen LogP contribution in [-0.2, 0) is 6.18 Å². The molecule has 0 bridgehead atoms. The Balaban J connectivity index is 1.96. The maximum atomic E-state index is 14.2. The molecular weight excluding hydrogens is 423 g/mol. The summed E-state index contributed by atoms with van der Waals surface area (Å²) in [5.41, 5.74) is -2.52. The van der Waals surface area contributed by atoms with E-state index in [1.807, 2.05) is 0 Å². The molecular formula is C21H9F9. The lowest BCUT2D eigenvalue weighted by Crippen LogP contribution is -2.11. The van der Waals surface area contributed by atoms with Crippen molar-refractivity contribution in [2.24, 2.45) is 0 Å². The Labute approximate surface area is 163 Å². The summed E-state index contributed by atoms with van der Waals surface area (Å²) < 4.78 is 117. The third-order valence-corrected chi connectivity index (χ3v) is 4.24. The van der Waals surface area contributed by atoms with Crippen LogP contribution in [0.5, 0.6) is 0 Å². The molecule has 0 saturated heterocycles. The third kappa shape index (κ3) is 4.19. The van der Waals surface area contributed by atoms with Crippen molar-refractivity contribution >= 4 is 5.83 Å². The minimum Gasteiger partial charge on any atom is -0.206 e. The Morgan fingerprint density at radius 2 is 1.13 bits per heavy atom. The first-order valence-corrected chi connectivity index (χ1v) is 8.16. The molecule has 0 aliphatic carbocycles. The summed E-state index contributed by atoms with van der Waals surface area (Å²) in [5, 5.41) is 0. The summed E-state index contributed by atoms with van der Waals surface area (Å²) in [6.07, 6.45) is -7.79. The molecule has 0 unspecified atom stereocenters. The highest BCUT2D eigenvalue weighted by molar-refractivity contribution is 5.72. The summed E-state index contributed by atoms with van der Waals surface area (Å²) >= 11 is 0. The van der Waals surface area contributed by atoms with Gasteiger partial charge in [0.1, 0.15) is 23.0 Å². The largest absolute Gasteiger partial charge is 0.422 e. The van der Waals surface area contributed by atoms with Gasteiger partial charge in [-0.25, -0.2) is 17.6 Å². The number of hydrogen-bond donors (Lipinski definition) is 0.